The molecule has 0 amide bonds. The second-order valence-corrected chi connectivity index (χ2v) is 9.60. The molecule has 10 nitrogen and oxygen atoms in total. The van der Waals surface area contributed by atoms with Gasteiger partial charge in [0.1, 0.15) is 5.82 Å². The van der Waals surface area contributed by atoms with Crippen LogP contribution in [0.3, 0.4) is 0 Å². The van der Waals surface area contributed by atoms with Gasteiger partial charge in [-0.15, -0.1) is 0 Å². The van der Waals surface area contributed by atoms with E-state index in [4.69, 9.17) is 9.47 Å². The smallest absolute Gasteiger partial charge is 0.347 e. The fourth-order valence-electron chi connectivity index (χ4n) is 3.37. The Morgan fingerprint density at radius 2 is 2.00 bits per heavy atom. The third kappa shape index (κ3) is 6.35. The molecule has 2 aromatic carbocycles. The van der Waals surface area contributed by atoms with Crippen LogP contribution in [0.4, 0.5) is 5.69 Å². The standard InChI is InChI=1S/C24H24Br2N4O6/c1-4-6-7-21-28-19-9-8-16(25)11-18(19)23(31)29(21)27-13-15-10-17(26)12-20(30(33)34)22(15)36-14(3)24(32)35-5-2/h8-14H,4-7H2,1-3H3/t14-/m0/s1. The number of benzene rings is 2. The van der Waals surface area contributed by atoms with Crippen molar-refractivity contribution in [2.75, 3.05) is 6.61 Å². The molecule has 0 saturated heterocycles. The maximum atomic E-state index is 13.3. The molecular weight excluding hydrogens is 600 g/mol. The molecule has 3 rings (SSSR count). The molecule has 0 fully saturated rings. The van der Waals surface area contributed by atoms with Crippen molar-refractivity contribution in [2.24, 2.45) is 5.10 Å². The fourth-order valence-corrected chi connectivity index (χ4v) is 4.20. The molecule has 0 aliphatic heterocycles. The summed E-state index contributed by atoms with van der Waals surface area (Å²) in [6.07, 6.45) is 2.36. The number of aryl methyl sites for hydroxylation is 1. The fraction of sp³-hybridized carbons (Fsp3) is 0.333. The molecule has 0 N–H and O–H groups in total. The Balaban J connectivity index is 2.16. The van der Waals surface area contributed by atoms with Gasteiger partial charge in [-0.1, -0.05) is 45.2 Å². The molecule has 0 aliphatic rings. The number of nitrogens with zero attached hydrogens (tertiary/aromatic N) is 4. The first-order valence-electron chi connectivity index (χ1n) is 11.2. The highest BCUT2D eigenvalue weighted by Gasteiger charge is 2.25. The van der Waals surface area contributed by atoms with Gasteiger partial charge in [0.15, 0.2) is 6.10 Å². The van der Waals surface area contributed by atoms with E-state index in [2.05, 4.69) is 41.9 Å². The summed E-state index contributed by atoms with van der Waals surface area (Å²) < 4.78 is 12.9. The first kappa shape index (κ1) is 27.5. The van der Waals surface area contributed by atoms with Gasteiger partial charge in [0, 0.05) is 27.0 Å². The zero-order valence-electron chi connectivity index (χ0n) is 19.9. The first-order chi connectivity index (χ1) is 17.2. The number of carbonyl (C=O) groups is 1. The van der Waals surface area contributed by atoms with Crippen LogP contribution >= 0.6 is 31.9 Å². The van der Waals surface area contributed by atoms with E-state index in [1.165, 1.54) is 23.9 Å². The lowest BCUT2D eigenvalue weighted by Gasteiger charge is -2.15. The van der Waals surface area contributed by atoms with Crippen molar-refractivity contribution in [1.29, 1.82) is 0 Å². The van der Waals surface area contributed by atoms with Crippen LogP contribution in [-0.2, 0) is 16.0 Å². The lowest BCUT2D eigenvalue weighted by molar-refractivity contribution is -0.386. The molecule has 0 spiro atoms. The number of hydrogen-bond acceptors (Lipinski definition) is 8. The number of hydrogen-bond donors (Lipinski definition) is 0. The summed E-state index contributed by atoms with van der Waals surface area (Å²) in [6, 6.07) is 8.04. The van der Waals surface area contributed by atoms with Crippen LogP contribution in [0.5, 0.6) is 5.75 Å². The minimum absolute atomic E-state index is 0.137. The zero-order chi connectivity index (χ0) is 26.4. The van der Waals surface area contributed by atoms with E-state index in [0.29, 0.717) is 27.6 Å². The topological polar surface area (TPSA) is 126 Å². The number of aromatic nitrogens is 2. The Kier molecular flexibility index (Phi) is 9.32. The third-order valence-corrected chi connectivity index (χ3v) is 6.07. The molecule has 0 unspecified atom stereocenters. The predicted octanol–water partition coefficient (Wildman–Crippen LogP) is 5.38. The van der Waals surface area contributed by atoms with Crippen LogP contribution in [0.1, 0.15) is 45.0 Å². The van der Waals surface area contributed by atoms with Crippen molar-refractivity contribution in [3.63, 3.8) is 0 Å². The molecule has 0 bridgehead atoms. The van der Waals surface area contributed by atoms with Gasteiger partial charge in [0.25, 0.3) is 5.56 Å². The highest BCUT2D eigenvalue weighted by atomic mass is 79.9. The van der Waals surface area contributed by atoms with Crippen molar-refractivity contribution in [3.8, 4) is 5.75 Å². The molecule has 3 aromatic rings. The van der Waals surface area contributed by atoms with Gasteiger partial charge in [-0.05, 0) is 44.5 Å². The molecule has 1 heterocycles. The number of carbonyl (C=O) groups excluding carboxylic acids is 1. The summed E-state index contributed by atoms with van der Waals surface area (Å²) in [5.74, 6) is -0.382. The second kappa shape index (κ2) is 12.2. The minimum Gasteiger partial charge on any atom is -0.471 e. The number of nitro groups is 1. The van der Waals surface area contributed by atoms with Gasteiger partial charge >= 0.3 is 11.7 Å². The number of esters is 1. The maximum Gasteiger partial charge on any atom is 0.347 e. The summed E-state index contributed by atoms with van der Waals surface area (Å²) in [6.45, 7) is 5.24. The number of nitro benzene ring substituents is 1. The van der Waals surface area contributed by atoms with Crippen molar-refractivity contribution in [1.82, 2.24) is 9.66 Å². The normalized spacial score (nSPS) is 12.1. The quantitative estimate of drug-likeness (QED) is 0.128. The molecule has 1 atom stereocenters. The van der Waals surface area contributed by atoms with Gasteiger partial charge in [0.05, 0.1) is 28.6 Å². The van der Waals surface area contributed by atoms with E-state index in [9.17, 15) is 19.7 Å². The lowest BCUT2D eigenvalue weighted by Crippen LogP contribution is -2.27. The number of ether oxygens (including phenoxy) is 2. The summed E-state index contributed by atoms with van der Waals surface area (Å²) >= 11 is 6.64. The third-order valence-electron chi connectivity index (χ3n) is 5.11. The van der Waals surface area contributed by atoms with E-state index < -0.39 is 17.0 Å². The first-order valence-corrected chi connectivity index (χ1v) is 12.8. The van der Waals surface area contributed by atoms with Crippen molar-refractivity contribution >= 4 is 60.6 Å². The van der Waals surface area contributed by atoms with E-state index in [1.54, 1.807) is 31.2 Å². The average Bonchev–Trinajstić information content (AvgIpc) is 2.83. The largest absolute Gasteiger partial charge is 0.471 e. The molecule has 1 aromatic heterocycles. The van der Waals surface area contributed by atoms with Crippen LogP contribution in [0.25, 0.3) is 10.9 Å². The number of unbranched alkanes of at least 4 members (excludes halogenated alkanes) is 1. The van der Waals surface area contributed by atoms with Gasteiger partial charge in [-0.25, -0.2) is 9.78 Å². The van der Waals surface area contributed by atoms with Crippen molar-refractivity contribution in [3.05, 3.63) is 71.1 Å². The summed E-state index contributed by atoms with van der Waals surface area (Å²) in [4.78, 5) is 41.2. The summed E-state index contributed by atoms with van der Waals surface area (Å²) in [5, 5.41) is 16.5. The Labute approximate surface area is 223 Å². The predicted molar refractivity (Wildman–Crippen MR) is 143 cm³/mol. The summed E-state index contributed by atoms with van der Waals surface area (Å²) in [7, 11) is 0. The highest BCUT2D eigenvalue weighted by molar-refractivity contribution is 9.10. The van der Waals surface area contributed by atoms with E-state index in [0.717, 1.165) is 17.3 Å². The van der Waals surface area contributed by atoms with Gasteiger partial charge < -0.3 is 9.47 Å². The average molecular weight is 624 g/mol. The zero-order valence-corrected chi connectivity index (χ0v) is 23.0. The van der Waals surface area contributed by atoms with E-state index >= 15 is 0 Å². The van der Waals surface area contributed by atoms with E-state index in [-0.39, 0.29) is 29.2 Å². The summed E-state index contributed by atoms with van der Waals surface area (Å²) in [5.41, 5.74) is -0.0161. The monoisotopic (exact) mass is 622 g/mol. The van der Waals surface area contributed by atoms with Crippen molar-refractivity contribution in [2.45, 2.75) is 46.1 Å². The van der Waals surface area contributed by atoms with Gasteiger partial charge in [-0.2, -0.15) is 9.78 Å². The van der Waals surface area contributed by atoms with Crippen LogP contribution in [-0.4, -0.2) is 39.5 Å². The second-order valence-electron chi connectivity index (χ2n) is 7.77. The van der Waals surface area contributed by atoms with Crippen LogP contribution in [0.2, 0.25) is 0 Å². The van der Waals surface area contributed by atoms with E-state index in [1.807, 2.05) is 6.92 Å². The number of halogens is 2. The molecular formula is C24H24Br2N4O6. The van der Waals surface area contributed by atoms with Gasteiger partial charge in [0.2, 0.25) is 5.75 Å². The molecule has 0 saturated carbocycles. The molecule has 12 heteroatoms. The van der Waals surface area contributed by atoms with Crippen LogP contribution in [0.15, 0.2) is 49.2 Å². The molecule has 36 heavy (non-hydrogen) atoms. The van der Waals surface area contributed by atoms with Crippen LogP contribution < -0.4 is 10.3 Å². The number of fused-ring (bicyclic) bond motifs is 1. The van der Waals surface area contributed by atoms with Crippen molar-refractivity contribution < 1.29 is 19.2 Å². The van der Waals surface area contributed by atoms with Gasteiger partial charge in [-0.3, -0.25) is 14.9 Å². The maximum absolute atomic E-state index is 13.3. The molecule has 0 radical (unpaired) electrons. The molecule has 190 valence electrons. The Hall–Kier alpha value is -3.12. The Bertz CT molecular complexity index is 1390. The molecule has 0 aliphatic carbocycles. The SMILES string of the molecule is CCCCc1nc2ccc(Br)cc2c(=O)n1N=Cc1cc(Br)cc([N+](=O)[O-])c1O[C@@H](C)C(=O)OCC. The van der Waals surface area contributed by atoms with Crippen LogP contribution in [0, 0.1) is 10.1 Å². The Morgan fingerprint density at radius 1 is 1.25 bits per heavy atom. The Morgan fingerprint density at radius 3 is 2.67 bits per heavy atom. The highest BCUT2D eigenvalue weighted by Crippen LogP contribution is 2.34. The lowest BCUT2D eigenvalue weighted by atomic mass is 10.2. The number of rotatable bonds is 10. The minimum atomic E-state index is -1.11.